The second-order valence-electron chi connectivity index (χ2n) is 10.6. The Kier molecular flexibility index (Phi) is 22.0. The number of unbranched alkanes of at least 4 members (excludes halogenated alkanes) is 16. The van der Waals surface area contributed by atoms with Crippen LogP contribution < -0.4 is 0 Å². The minimum atomic E-state index is -0.212. The summed E-state index contributed by atoms with van der Waals surface area (Å²) >= 11 is 0. The molecule has 0 aromatic heterocycles. The molecule has 1 rings (SSSR count). The van der Waals surface area contributed by atoms with Gasteiger partial charge in [0.05, 0.1) is 12.2 Å². The van der Waals surface area contributed by atoms with Crippen molar-refractivity contribution in [1.29, 1.82) is 0 Å². The topological polar surface area (TPSA) is 52.6 Å². The minimum Gasteiger partial charge on any atom is -0.462 e. The molecule has 1 unspecified atom stereocenters. The third-order valence-corrected chi connectivity index (χ3v) is 7.15. The van der Waals surface area contributed by atoms with Gasteiger partial charge in [-0.15, -0.1) is 0 Å². The van der Waals surface area contributed by atoms with E-state index in [1.807, 2.05) is 18.2 Å². The third kappa shape index (κ3) is 19.9. The molecule has 0 radical (unpaired) electrons. The van der Waals surface area contributed by atoms with E-state index in [9.17, 15) is 9.59 Å². The summed E-state index contributed by atoms with van der Waals surface area (Å²) in [6.45, 7) is 4.85. The van der Waals surface area contributed by atoms with Gasteiger partial charge in [0.25, 0.3) is 0 Å². The molecule has 1 atom stereocenters. The highest BCUT2D eigenvalue weighted by Crippen LogP contribution is 2.15. The van der Waals surface area contributed by atoms with Crippen LogP contribution in [0.4, 0.5) is 0 Å². The van der Waals surface area contributed by atoms with Gasteiger partial charge in [0.15, 0.2) is 0 Å². The van der Waals surface area contributed by atoms with Crippen molar-refractivity contribution >= 4 is 11.9 Å². The number of ether oxygens (including phenoxy) is 2. The van der Waals surface area contributed by atoms with Crippen LogP contribution in [0.3, 0.4) is 0 Å². The van der Waals surface area contributed by atoms with Crippen molar-refractivity contribution in [3.63, 3.8) is 0 Å². The molecule has 0 saturated heterocycles. The zero-order valence-electron chi connectivity index (χ0n) is 24.2. The first-order chi connectivity index (χ1) is 18.2. The summed E-state index contributed by atoms with van der Waals surface area (Å²) in [5, 5.41) is 0. The van der Waals surface area contributed by atoms with Gasteiger partial charge in [0, 0.05) is 6.42 Å². The average Bonchev–Trinajstić information content (AvgIpc) is 2.92. The Morgan fingerprint density at radius 1 is 0.649 bits per heavy atom. The van der Waals surface area contributed by atoms with Crippen LogP contribution in [0, 0.1) is 0 Å². The summed E-state index contributed by atoms with van der Waals surface area (Å²) in [6, 6.07) is 9.21. The predicted molar refractivity (Wildman–Crippen MR) is 155 cm³/mol. The number of carbonyl (C=O) groups is 2. The molecule has 0 aliphatic rings. The zero-order valence-corrected chi connectivity index (χ0v) is 24.2. The highest BCUT2D eigenvalue weighted by molar-refractivity contribution is 5.89. The van der Waals surface area contributed by atoms with E-state index in [1.165, 1.54) is 89.9 Å². The smallest absolute Gasteiger partial charge is 0.338 e. The van der Waals surface area contributed by atoms with E-state index in [2.05, 4.69) is 13.8 Å². The molecule has 0 spiro atoms. The molecule has 0 saturated carbocycles. The molecule has 4 nitrogen and oxygen atoms in total. The monoisotopic (exact) mass is 516 g/mol. The van der Waals surface area contributed by atoms with Gasteiger partial charge < -0.3 is 9.47 Å². The predicted octanol–water partition coefficient (Wildman–Crippen LogP) is 9.99. The second-order valence-corrected chi connectivity index (χ2v) is 10.6. The summed E-state index contributed by atoms with van der Waals surface area (Å²) in [7, 11) is 0. The maximum atomic E-state index is 12.0. The molecule has 0 bridgehead atoms. The Morgan fingerprint density at radius 2 is 1.16 bits per heavy atom. The van der Waals surface area contributed by atoms with E-state index >= 15 is 0 Å². The molecule has 0 amide bonds. The Labute approximate surface area is 228 Å². The van der Waals surface area contributed by atoms with Crippen LogP contribution in [0.1, 0.15) is 159 Å². The molecular formula is C33H56O4. The standard InChI is InChI=1S/C33H56O4/c1-3-5-20-27-31(4-2)37-32(34)28-23-17-15-13-11-9-7-6-8-10-12-14-16-18-24-29-36-33(35)30-25-21-19-22-26-30/h19,21-22,25-26,31H,3-18,20,23-24,27-29H2,1-2H3. The van der Waals surface area contributed by atoms with Crippen molar-refractivity contribution in [3.05, 3.63) is 35.9 Å². The third-order valence-electron chi connectivity index (χ3n) is 7.15. The lowest BCUT2D eigenvalue weighted by molar-refractivity contribution is -0.149. The molecule has 212 valence electrons. The van der Waals surface area contributed by atoms with Gasteiger partial charge in [-0.25, -0.2) is 4.79 Å². The lowest BCUT2D eigenvalue weighted by atomic mass is 10.0. The average molecular weight is 517 g/mol. The van der Waals surface area contributed by atoms with Crippen LogP contribution in [0.25, 0.3) is 0 Å². The normalized spacial score (nSPS) is 11.8. The Bertz CT molecular complexity index is 658. The molecule has 37 heavy (non-hydrogen) atoms. The maximum Gasteiger partial charge on any atom is 0.338 e. The van der Waals surface area contributed by atoms with Crippen LogP contribution >= 0.6 is 0 Å². The first-order valence-corrected chi connectivity index (χ1v) is 15.6. The van der Waals surface area contributed by atoms with Gasteiger partial charge in [-0.1, -0.05) is 128 Å². The lowest BCUT2D eigenvalue weighted by Gasteiger charge is -2.16. The van der Waals surface area contributed by atoms with Crippen LogP contribution in [0.15, 0.2) is 30.3 Å². The molecule has 4 heteroatoms. The maximum absolute atomic E-state index is 12.0. The number of benzene rings is 1. The first kappa shape index (κ1) is 33.2. The van der Waals surface area contributed by atoms with Gasteiger partial charge in [0.2, 0.25) is 0 Å². The molecule has 0 aliphatic carbocycles. The largest absolute Gasteiger partial charge is 0.462 e. The Balaban J connectivity index is 1.78. The summed E-state index contributed by atoms with van der Waals surface area (Å²) in [5.41, 5.74) is 0.634. The van der Waals surface area contributed by atoms with Crippen molar-refractivity contribution in [2.75, 3.05) is 6.61 Å². The lowest BCUT2D eigenvalue weighted by Crippen LogP contribution is -2.17. The number of esters is 2. The Hall–Kier alpha value is -1.84. The van der Waals surface area contributed by atoms with Crippen LogP contribution in [-0.2, 0) is 14.3 Å². The van der Waals surface area contributed by atoms with Gasteiger partial charge in [-0.05, 0) is 44.2 Å². The number of carbonyl (C=O) groups excluding carboxylic acids is 2. The fourth-order valence-electron chi connectivity index (χ4n) is 4.71. The van der Waals surface area contributed by atoms with Crippen molar-refractivity contribution in [2.24, 2.45) is 0 Å². The summed E-state index contributed by atoms with van der Waals surface area (Å²) in [4.78, 5) is 23.9. The van der Waals surface area contributed by atoms with E-state index in [-0.39, 0.29) is 18.0 Å². The molecular weight excluding hydrogens is 460 g/mol. The van der Waals surface area contributed by atoms with Crippen molar-refractivity contribution in [2.45, 2.75) is 155 Å². The molecule has 0 N–H and O–H groups in total. The first-order valence-electron chi connectivity index (χ1n) is 15.6. The summed E-state index contributed by atoms with van der Waals surface area (Å²) < 4.78 is 11.0. The molecule has 0 heterocycles. The van der Waals surface area contributed by atoms with Gasteiger partial charge in [0.1, 0.15) is 6.10 Å². The van der Waals surface area contributed by atoms with Gasteiger partial charge >= 0.3 is 11.9 Å². The highest BCUT2D eigenvalue weighted by atomic mass is 16.5. The molecule has 0 fully saturated rings. The summed E-state index contributed by atoms with van der Waals surface area (Å²) in [6.07, 6.45) is 25.0. The fraction of sp³-hybridized carbons (Fsp3) is 0.758. The van der Waals surface area contributed by atoms with Crippen molar-refractivity contribution in [3.8, 4) is 0 Å². The molecule has 1 aromatic carbocycles. The SMILES string of the molecule is CCCCCC(CC)OC(=O)CCCCCCCCCCCCCCCCCOC(=O)c1ccccc1. The van der Waals surface area contributed by atoms with E-state index in [4.69, 9.17) is 9.47 Å². The van der Waals surface area contributed by atoms with E-state index in [0.29, 0.717) is 18.6 Å². The van der Waals surface area contributed by atoms with Crippen molar-refractivity contribution < 1.29 is 19.1 Å². The second kappa shape index (κ2) is 24.5. The number of rotatable bonds is 25. The molecule has 0 aliphatic heterocycles. The number of hydrogen-bond donors (Lipinski definition) is 0. The molecule has 1 aromatic rings. The highest BCUT2D eigenvalue weighted by Gasteiger charge is 2.12. The van der Waals surface area contributed by atoms with Gasteiger partial charge in [-0.3, -0.25) is 4.79 Å². The van der Waals surface area contributed by atoms with Crippen LogP contribution in [0.5, 0.6) is 0 Å². The zero-order chi connectivity index (χ0) is 26.8. The van der Waals surface area contributed by atoms with Gasteiger partial charge in [-0.2, -0.15) is 0 Å². The quantitative estimate of drug-likeness (QED) is 0.0958. The van der Waals surface area contributed by atoms with Crippen LogP contribution in [0.2, 0.25) is 0 Å². The van der Waals surface area contributed by atoms with Crippen molar-refractivity contribution in [1.82, 2.24) is 0 Å². The van der Waals surface area contributed by atoms with E-state index in [1.54, 1.807) is 12.1 Å². The minimum absolute atomic E-state index is 0.00712. The fourth-order valence-corrected chi connectivity index (χ4v) is 4.71. The van der Waals surface area contributed by atoms with E-state index in [0.717, 1.165) is 38.5 Å². The Morgan fingerprint density at radius 3 is 1.68 bits per heavy atom. The number of hydrogen-bond acceptors (Lipinski definition) is 4. The van der Waals surface area contributed by atoms with E-state index < -0.39 is 0 Å². The van der Waals surface area contributed by atoms with Crippen LogP contribution in [-0.4, -0.2) is 24.6 Å². The summed E-state index contributed by atoms with van der Waals surface area (Å²) in [5.74, 6) is -0.205.